The van der Waals surface area contributed by atoms with Crippen molar-refractivity contribution in [1.82, 2.24) is 15.2 Å². The van der Waals surface area contributed by atoms with Crippen LogP contribution in [0.1, 0.15) is 5.69 Å². The van der Waals surface area contributed by atoms with Crippen molar-refractivity contribution in [3.63, 3.8) is 0 Å². The zero-order valence-corrected chi connectivity index (χ0v) is 8.31. The fourth-order valence-electron chi connectivity index (χ4n) is 1.73. The van der Waals surface area contributed by atoms with Gasteiger partial charge in [0, 0.05) is 17.0 Å². The van der Waals surface area contributed by atoms with Gasteiger partial charge < -0.3 is 0 Å². The smallest absolute Gasteiger partial charge is 0.119 e. The van der Waals surface area contributed by atoms with E-state index in [0.717, 1.165) is 27.5 Å². The summed E-state index contributed by atoms with van der Waals surface area (Å²) in [6, 6.07) is 10.0. The number of benzene rings is 1. The van der Waals surface area contributed by atoms with Crippen molar-refractivity contribution in [1.29, 1.82) is 0 Å². The summed E-state index contributed by atoms with van der Waals surface area (Å²) in [7, 11) is 0. The van der Waals surface area contributed by atoms with E-state index in [1.165, 1.54) is 0 Å². The van der Waals surface area contributed by atoms with Gasteiger partial charge in [0.05, 0.1) is 11.2 Å². The molecule has 0 saturated heterocycles. The molecule has 2 heterocycles. The van der Waals surface area contributed by atoms with Gasteiger partial charge in [-0.25, -0.2) is 0 Å². The molecular formula is C12H9N3. The van der Waals surface area contributed by atoms with Gasteiger partial charge in [0.25, 0.3) is 0 Å². The molecule has 0 unspecified atom stereocenters. The highest BCUT2D eigenvalue weighted by Gasteiger charge is 2.02. The Labute approximate surface area is 86.8 Å². The molecule has 3 heteroatoms. The molecule has 3 nitrogen and oxygen atoms in total. The van der Waals surface area contributed by atoms with Crippen LogP contribution in [0.5, 0.6) is 0 Å². The van der Waals surface area contributed by atoms with Crippen molar-refractivity contribution >= 4 is 21.8 Å². The molecule has 0 atom stereocenters. The minimum Gasteiger partial charge on any atom is -0.254 e. The van der Waals surface area contributed by atoms with E-state index in [9.17, 15) is 0 Å². The summed E-state index contributed by atoms with van der Waals surface area (Å²) in [6.07, 6.45) is 1.87. The highest BCUT2D eigenvalue weighted by molar-refractivity contribution is 6.02. The number of rotatable bonds is 0. The molecule has 72 valence electrons. The molecule has 0 bridgehead atoms. The van der Waals surface area contributed by atoms with Crippen LogP contribution in [0.3, 0.4) is 0 Å². The average molecular weight is 195 g/mol. The van der Waals surface area contributed by atoms with Crippen LogP contribution < -0.4 is 0 Å². The van der Waals surface area contributed by atoms with Crippen LogP contribution in [0.25, 0.3) is 21.8 Å². The minimum atomic E-state index is 0.874. The maximum atomic E-state index is 4.37. The number of hydrogen-bond donors (Lipinski definition) is 0. The van der Waals surface area contributed by atoms with Crippen LogP contribution in [-0.4, -0.2) is 15.2 Å². The van der Waals surface area contributed by atoms with Crippen LogP contribution in [0.4, 0.5) is 0 Å². The van der Waals surface area contributed by atoms with E-state index in [0.29, 0.717) is 0 Å². The first kappa shape index (κ1) is 8.29. The number of fused-ring (bicyclic) bond motifs is 3. The van der Waals surface area contributed by atoms with Gasteiger partial charge >= 0.3 is 0 Å². The van der Waals surface area contributed by atoms with E-state index in [2.05, 4.69) is 15.2 Å². The highest BCUT2D eigenvalue weighted by Crippen LogP contribution is 2.20. The molecule has 0 aliphatic heterocycles. The molecule has 0 radical (unpaired) electrons. The molecule has 0 fully saturated rings. The third kappa shape index (κ3) is 1.24. The molecule has 0 amide bonds. The van der Waals surface area contributed by atoms with E-state index < -0.39 is 0 Å². The first-order chi connectivity index (χ1) is 7.34. The molecule has 15 heavy (non-hydrogen) atoms. The molecule has 0 aliphatic rings. The van der Waals surface area contributed by atoms with Crippen molar-refractivity contribution < 1.29 is 0 Å². The molecule has 1 aromatic carbocycles. The molecular weight excluding hydrogens is 186 g/mol. The molecule has 3 aromatic rings. The number of nitrogens with zero attached hydrogens (tertiary/aromatic N) is 3. The third-order valence-electron chi connectivity index (χ3n) is 2.45. The van der Waals surface area contributed by atoms with Gasteiger partial charge in [-0.1, -0.05) is 24.3 Å². The summed E-state index contributed by atoms with van der Waals surface area (Å²) in [5, 5.41) is 10.5. The van der Waals surface area contributed by atoms with Gasteiger partial charge in [0.15, 0.2) is 0 Å². The van der Waals surface area contributed by atoms with Crippen molar-refractivity contribution in [2.45, 2.75) is 6.92 Å². The monoisotopic (exact) mass is 195 g/mol. The van der Waals surface area contributed by atoms with E-state index in [1.54, 1.807) is 0 Å². The second-order valence-electron chi connectivity index (χ2n) is 3.57. The standard InChI is InChI=1S/C12H9N3/c1-8-6-11-12(15-14-8)10-5-3-2-4-9(10)7-13-11/h2-7H,1H3. The number of aromatic nitrogens is 3. The fraction of sp³-hybridized carbons (Fsp3) is 0.0833. The molecule has 0 saturated carbocycles. The Bertz CT molecular complexity index is 646. The van der Waals surface area contributed by atoms with Gasteiger partial charge in [-0.05, 0) is 13.0 Å². The second-order valence-corrected chi connectivity index (χ2v) is 3.57. The van der Waals surface area contributed by atoms with Crippen LogP contribution in [-0.2, 0) is 0 Å². The Morgan fingerprint density at radius 2 is 1.93 bits per heavy atom. The van der Waals surface area contributed by atoms with Crippen molar-refractivity contribution in [2.24, 2.45) is 0 Å². The second kappa shape index (κ2) is 2.98. The summed E-state index contributed by atoms with van der Waals surface area (Å²) in [5.74, 6) is 0. The van der Waals surface area contributed by atoms with Crippen LogP contribution in [0, 0.1) is 6.92 Å². The predicted octanol–water partition coefficient (Wildman–Crippen LogP) is 2.49. The van der Waals surface area contributed by atoms with Gasteiger partial charge in [0.1, 0.15) is 5.52 Å². The van der Waals surface area contributed by atoms with E-state index in [1.807, 2.05) is 43.5 Å². The van der Waals surface area contributed by atoms with Gasteiger partial charge in [0.2, 0.25) is 0 Å². The van der Waals surface area contributed by atoms with Crippen molar-refractivity contribution in [2.75, 3.05) is 0 Å². The van der Waals surface area contributed by atoms with Crippen LogP contribution in [0.15, 0.2) is 36.5 Å². The number of aryl methyl sites for hydroxylation is 1. The van der Waals surface area contributed by atoms with E-state index in [4.69, 9.17) is 0 Å². The fourth-order valence-corrected chi connectivity index (χ4v) is 1.73. The molecule has 3 rings (SSSR count). The Kier molecular flexibility index (Phi) is 1.65. The lowest BCUT2D eigenvalue weighted by Crippen LogP contribution is -1.90. The predicted molar refractivity (Wildman–Crippen MR) is 59.6 cm³/mol. The summed E-state index contributed by atoms with van der Waals surface area (Å²) in [4.78, 5) is 4.37. The van der Waals surface area contributed by atoms with Gasteiger partial charge in [-0.3, -0.25) is 4.98 Å². The largest absolute Gasteiger partial charge is 0.254 e. The lowest BCUT2D eigenvalue weighted by molar-refractivity contribution is 1.02. The maximum absolute atomic E-state index is 4.37. The normalized spacial score (nSPS) is 11.0. The van der Waals surface area contributed by atoms with Crippen molar-refractivity contribution in [3.05, 3.63) is 42.2 Å². The van der Waals surface area contributed by atoms with Crippen LogP contribution >= 0.6 is 0 Å². The number of pyridine rings is 1. The number of hydrogen-bond acceptors (Lipinski definition) is 3. The molecule has 0 spiro atoms. The average Bonchev–Trinajstić information content (AvgIpc) is 2.28. The minimum absolute atomic E-state index is 0.874. The van der Waals surface area contributed by atoms with E-state index >= 15 is 0 Å². The Morgan fingerprint density at radius 3 is 2.87 bits per heavy atom. The lowest BCUT2D eigenvalue weighted by Gasteiger charge is -2.01. The first-order valence-corrected chi connectivity index (χ1v) is 4.82. The third-order valence-corrected chi connectivity index (χ3v) is 2.45. The zero-order chi connectivity index (χ0) is 10.3. The maximum Gasteiger partial charge on any atom is 0.119 e. The molecule has 0 N–H and O–H groups in total. The highest BCUT2D eigenvalue weighted by atomic mass is 15.1. The zero-order valence-electron chi connectivity index (χ0n) is 8.31. The van der Waals surface area contributed by atoms with E-state index in [-0.39, 0.29) is 0 Å². The summed E-state index contributed by atoms with van der Waals surface area (Å²) in [5.41, 5.74) is 2.67. The SMILES string of the molecule is Cc1cc2ncc3ccccc3c2nn1. The molecule has 2 aromatic heterocycles. The first-order valence-electron chi connectivity index (χ1n) is 4.82. The van der Waals surface area contributed by atoms with Gasteiger partial charge in [-0.15, -0.1) is 5.10 Å². The quantitative estimate of drug-likeness (QED) is 0.517. The van der Waals surface area contributed by atoms with Gasteiger partial charge in [-0.2, -0.15) is 5.10 Å². The van der Waals surface area contributed by atoms with Crippen LogP contribution in [0.2, 0.25) is 0 Å². The molecule has 0 aliphatic carbocycles. The van der Waals surface area contributed by atoms with Crippen molar-refractivity contribution in [3.8, 4) is 0 Å². The topological polar surface area (TPSA) is 38.7 Å². The summed E-state index contributed by atoms with van der Waals surface area (Å²) >= 11 is 0. The lowest BCUT2D eigenvalue weighted by atomic mass is 10.1. The summed E-state index contributed by atoms with van der Waals surface area (Å²) in [6.45, 7) is 1.92. The summed E-state index contributed by atoms with van der Waals surface area (Å²) < 4.78 is 0. The Balaban J connectivity index is 2.55. The Morgan fingerprint density at radius 1 is 1.07 bits per heavy atom. The Hall–Kier alpha value is -2.03.